The van der Waals surface area contributed by atoms with Gasteiger partial charge in [0.1, 0.15) is 0 Å². The van der Waals surface area contributed by atoms with Crippen LogP contribution in [0.3, 0.4) is 0 Å². The molecular weight excluding hydrogens is 384 g/mol. The van der Waals surface area contributed by atoms with Crippen LogP contribution in [-0.2, 0) is 26.5 Å². The standard InChI is InChI=1S/C19H18N2O4S2/c20-26(22,23)17-10-12-18(13-11-17)27(24,25)21-19-9-5-4-8-16(19)14-15-6-2-1-3-7-15/h1-13,21H,14H2,(H2,20,22,23). The molecular formula is C19H18N2O4S2. The number of hydrogen-bond donors (Lipinski definition) is 2. The minimum absolute atomic E-state index is 0.0515. The first-order valence-electron chi connectivity index (χ1n) is 8.03. The second kappa shape index (κ2) is 7.51. The summed E-state index contributed by atoms with van der Waals surface area (Å²) in [5, 5.41) is 5.04. The Kier molecular flexibility index (Phi) is 5.31. The predicted octanol–water partition coefficient (Wildman–Crippen LogP) is 2.73. The zero-order chi connectivity index (χ0) is 19.5. The van der Waals surface area contributed by atoms with Crippen LogP contribution < -0.4 is 9.86 Å². The molecule has 3 aromatic rings. The van der Waals surface area contributed by atoms with Gasteiger partial charge in [0.05, 0.1) is 15.5 Å². The molecule has 0 unspecified atom stereocenters. The monoisotopic (exact) mass is 402 g/mol. The van der Waals surface area contributed by atoms with Crippen LogP contribution in [0.4, 0.5) is 5.69 Å². The quantitative estimate of drug-likeness (QED) is 0.661. The van der Waals surface area contributed by atoms with Gasteiger partial charge in [-0.3, -0.25) is 4.72 Å². The minimum Gasteiger partial charge on any atom is -0.279 e. The largest absolute Gasteiger partial charge is 0.279 e. The fraction of sp³-hybridized carbons (Fsp3) is 0.0526. The lowest BCUT2D eigenvalue weighted by Gasteiger charge is -2.13. The van der Waals surface area contributed by atoms with Gasteiger partial charge >= 0.3 is 0 Å². The van der Waals surface area contributed by atoms with Crippen LogP contribution in [-0.4, -0.2) is 16.8 Å². The van der Waals surface area contributed by atoms with E-state index in [1.807, 2.05) is 42.5 Å². The van der Waals surface area contributed by atoms with E-state index in [1.165, 1.54) is 24.3 Å². The fourth-order valence-electron chi connectivity index (χ4n) is 2.60. The van der Waals surface area contributed by atoms with E-state index in [-0.39, 0.29) is 9.79 Å². The molecule has 0 bridgehead atoms. The second-order valence-electron chi connectivity index (χ2n) is 5.94. The predicted molar refractivity (Wildman–Crippen MR) is 104 cm³/mol. The van der Waals surface area contributed by atoms with Crippen molar-refractivity contribution in [2.75, 3.05) is 4.72 Å². The van der Waals surface area contributed by atoms with Gasteiger partial charge in [-0.15, -0.1) is 0 Å². The van der Waals surface area contributed by atoms with Crippen LogP contribution in [0.5, 0.6) is 0 Å². The van der Waals surface area contributed by atoms with Crippen molar-refractivity contribution in [2.45, 2.75) is 16.2 Å². The molecule has 140 valence electrons. The maximum Gasteiger partial charge on any atom is 0.261 e. The average Bonchev–Trinajstić information content (AvgIpc) is 2.63. The molecule has 3 aromatic carbocycles. The van der Waals surface area contributed by atoms with E-state index in [4.69, 9.17) is 5.14 Å². The summed E-state index contributed by atoms with van der Waals surface area (Å²) in [5.41, 5.74) is 2.35. The number of nitrogens with two attached hydrogens (primary N) is 1. The van der Waals surface area contributed by atoms with E-state index in [1.54, 1.807) is 12.1 Å². The molecule has 0 aliphatic carbocycles. The van der Waals surface area contributed by atoms with Gasteiger partial charge in [0.25, 0.3) is 10.0 Å². The molecule has 0 aromatic heterocycles. The van der Waals surface area contributed by atoms with Crippen LogP contribution in [0, 0.1) is 0 Å². The average molecular weight is 402 g/mol. The number of anilines is 1. The highest BCUT2D eigenvalue weighted by molar-refractivity contribution is 7.92. The van der Waals surface area contributed by atoms with Gasteiger partial charge in [-0.1, -0.05) is 48.5 Å². The second-order valence-corrected chi connectivity index (χ2v) is 9.19. The van der Waals surface area contributed by atoms with Crippen LogP contribution in [0.25, 0.3) is 0 Å². The summed E-state index contributed by atoms with van der Waals surface area (Å²) in [7, 11) is -7.76. The van der Waals surface area contributed by atoms with E-state index in [2.05, 4.69) is 4.72 Å². The van der Waals surface area contributed by atoms with Gasteiger partial charge in [-0.2, -0.15) is 0 Å². The van der Waals surface area contributed by atoms with Crippen LogP contribution in [0.15, 0.2) is 88.7 Å². The topological polar surface area (TPSA) is 106 Å². The van der Waals surface area contributed by atoms with Crippen LogP contribution in [0.2, 0.25) is 0 Å². The molecule has 6 nitrogen and oxygen atoms in total. The molecule has 8 heteroatoms. The van der Waals surface area contributed by atoms with E-state index in [0.29, 0.717) is 12.1 Å². The summed E-state index contributed by atoms with van der Waals surface area (Å²) in [6.07, 6.45) is 0.573. The highest BCUT2D eigenvalue weighted by Gasteiger charge is 2.17. The number of rotatable bonds is 6. The third kappa shape index (κ3) is 4.73. The highest BCUT2D eigenvalue weighted by atomic mass is 32.2. The van der Waals surface area contributed by atoms with E-state index >= 15 is 0 Å². The molecule has 0 atom stereocenters. The smallest absolute Gasteiger partial charge is 0.261 e. The minimum atomic E-state index is -3.88. The van der Waals surface area contributed by atoms with Gasteiger partial charge in [0, 0.05) is 0 Å². The number of nitrogens with one attached hydrogen (secondary N) is 1. The van der Waals surface area contributed by atoms with Crippen molar-refractivity contribution in [3.05, 3.63) is 90.0 Å². The zero-order valence-electron chi connectivity index (χ0n) is 14.2. The zero-order valence-corrected chi connectivity index (χ0v) is 15.9. The third-order valence-corrected chi connectivity index (χ3v) is 6.27. The molecule has 3 N–H and O–H groups in total. The Balaban J connectivity index is 1.88. The Morgan fingerprint density at radius 1 is 0.704 bits per heavy atom. The lowest BCUT2D eigenvalue weighted by molar-refractivity contribution is 0.595. The van der Waals surface area contributed by atoms with Gasteiger partial charge < -0.3 is 0 Å². The first kappa shape index (κ1) is 19.1. The summed E-state index contributed by atoms with van der Waals surface area (Å²) in [4.78, 5) is -0.199. The summed E-state index contributed by atoms with van der Waals surface area (Å²) in [6.45, 7) is 0. The molecule has 0 amide bonds. The Hall–Kier alpha value is -2.68. The maximum atomic E-state index is 12.7. The molecule has 0 saturated carbocycles. The summed E-state index contributed by atoms with van der Waals surface area (Å²) >= 11 is 0. The van der Waals surface area contributed by atoms with Crippen molar-refractivity contribution in [2.24, 2.45) is 5.14 Å². The molecule has 0 heterocycles. The lowest BCUT2D eigenvalue weighted by Crippen LogP contribution is -2.15. The molecule has 0 spiro atoms. The normalized spacial score (nSPS) is 11.9. The van der Waals surface area contributed by atoms with Crippen LogP contribution in [0.1, 0.15) is 11.1 Å². The van der Waals surface area contributed by atoms with Gasteiger partial charge in [0.15, 0.2) is 0 Å². The Bertz CT molecular complexity index is 1140. The molecule has 3 rings (SSSR count). The van der Waals surface area contributed by atoms with Crippen molar-refractivity contribution in [1.29, 1.82) is 0 Å². The van der Waals surface area contributed by atoms with Crippen molar-refractivity contribution in [3.8, 4) is 0 Å². The molecule has 27 heavy (non-hydrogen) atoms. The van der Waals surface area contributed by atoms with E-state index in [9.17, 15) is 16.8 Å². The SMILES string of the molecule is NS(=O)(=O)c1ccc(S(=O)(=O)Nc2ccccc2Cc2ccccc2)cc1. The van der Waals surface area contributed by atoms with Crippen LogP contribution >= 0.6 is 0 Å². The molecule has 0 fully saturated rings. The Morgan fingerprint density at radius 3 is 1.89 bits per heavy atom. The summed E-state index contributed by atoms with van der Waals surface area (Å²) in [5.74, 6) is 0. The first-order chi connectivity index (χ1) is 12.8. The van der Waals surface area contributed by atoms with Gasteiger partial charge in [-0.05, 0) is 47.9 Å². The lowest BCUT2D eigenvalue weighted by atomic mass is 10.0. The Morgan fingerprint density at radius 2 is 1.26 bits per heavy atom. The van der Waals surface area contributed by atoms with Crippen molar-refractivity contribution >= 4 is 25.7 Å². The number of sulfonamides is 2. The van der Waals surface area contributed by atoms with Gasteiger partial charge in [-0.25, -0.2) is 22.0 Å². The highest BCUT2D eigenvalue weighted by Crippen LogP contribution is 2.23. The third-order valence-electron chi connectivity index (χ3n) is 3.96. The van der Waals surface area contributed by atoms with Crippen molar-refractivity contribution in [1.82, 2.24) is 0 Å². The molecule has 0 aliphatic rings. The van der Waals surface area contributed by atoms with E-state index in [0.717, 1.165) is 11.1 Å². The number of primary sulfonamides is 1. The Labute approximate surface area is 158 Å². The summed E-state index contributed by atoms with van der Waals surface area (Å²) in [6, 6.07) is 21.6. The number of benzene rings is 3. The number of hydrogen-bond acceptors (Lipinski definition) is 4. The maximum absolute atomic E-state index is 12.7. The molecule has 0 aliphatic heterocycles. The van der Waals surface area contributed by atoms with E-state index < -0.39 is 20.0 Å². The summed E-state index contributed by atoms with van der Waals surface area (Å²) < 4.78 is 50.6. The molecule has 0 radical (unpaired) electrons. The molecule has 0 saturated heterocycles. The van der Waals surface area contributed by atoms with Gasteiger partial charge in [0.2, 0.25) is 10.0 Å². The fourth-order valence-corrected chi connectivity index (χ4v) is 4.22. The first-order valence-corrected chi connectivity index (χ1v) is 11.1. The van der Waals surface area contributed by atoms with Crippen molar-refractivity contribution < 1.29 is 16.8 Å². The van der Waals surface area contributed by atoms with Crippen molar-refractivity contribution in [3.63, 3.8) is 0 Å². The number of para-hydroxylation sites is 1.